The summed E-state index contributed by atoms with van der Waals surface area (Å²) in [7, 11) is 0. The zero-order valence-corrected chi connectivity index (χ0v) is 9.26. The maximum Gasteiger partial charge on any atom is 0.140 e. The number of anilines is 1. The molecule has 70 valence electrons. The Morgan fingerprint density at radius 3 is 3.08 bits per heavy atom. The predicted octanol–water partition coefficient (Wildman–Crippen LogP) is 3.22. The molecule has 1 rings (SSSR count). The van der Waals surface area contributed by atoms with Crippen molar-refractivity contribution in [1.29, 1.82) is 0 Å². The average Bonchev–Trinajstić information content (AvgIpc) is 2.08. The van der Waals surface area contributed by atoms with Crippen molar-refractivity contribution in [3.63, 3.8) is 0 Å². The van der Waals surface area contributed by atoms with Crippen molar-refractivity contribution in [2.24, 2.45) is 0 Å². The second-order valence-corrected chi connectivity index (χ2v) is 3.82. The summed E-state index contributed by atoms with van der Waals surface area (Å²) in [6, 6.07) is 3.87. The Hall–Kier alpha value is -0.830. The molecule has 0 aliphatic heterocycles. The lowest BCUT2D eigenvalue weighted by atomic mass is 10.2. The molecule has 2 nitrogen and oxygen atoms in total. The third-order valence-electron chi connectivity index (χ3n) is 1.60. The number of hydrogen-bond donors (Lipinski definition) is 1. The minimum atomic E-state index is 0.880. The van der Waals surface area contributed by atoms with E-state index < -0.39 is 0 Å². The zero-order valence-electron chi connectivity index (χ0n) is 7.68. The Kier molecular flexibility index (Phi) is 3.96. The molecular weight excluding hydrogens is 228 g/mol. The molecule has 3 heteroatoms. The number of nitrogens with one attached hydrogen (secondary N) is 1. The fraction of sp³-hybridized carbons (Fsp3) is 0.300. The SMILES string of the molecule is C=C(C)CCNc1ncccc1Br. The van der Waals surface area contributed by atoms with Crippen LogP contribution in [-0.4, -0.2) is 11.5 Å². The van der Waals surface area contributed by atoms with Crippen LogP contribution in [0.5, 0.6) is 0 Å². The highest BCUT2D eigenvalue weighted by Crippen LogP contribution is 2.18. The lowest BCUT2D eigenvalue weighted by Gasteiger charge is -2.06. The molecule has 0 unspecified atom stereocenters. The first-order chi connectivity index (χ1) is 6.20. The summed E-state index contributed by atoms with van der Waals surface area (Å²) in [6.07, 6.45) is 2.75. The van der Waals surface area contributed by atoms with Crippen molar-refractivity contribution < 1.29 is 0 Å². The van der Waals surface area contributed by atoms with Crippen LogP contribution in [0.1, 0.15) is 13.3 Å². The average molecular weight is 241 g/mol. The fourth-order valence-electron chi connectivity index (χ4n) is 0.910. The fourth-order valence-corrected chi connectivity index (χ4v) is 1.31. The van der Waals surface area contributed by atoms with Crippen molar-refractivity contribution in [3.05, 3.63) is 35.0 Å². The lowest BCUT2D eigenvalue weighted by molar-refractivity contribution is 0.989. The molecule has 0 amide bonds. The molecule has 0 fully saturated rings. The van der Waals surface area contributed by atoms with Crippen molar-refractivity contribution in [2.75, 3.05) is 11.9 Å². The molecular formula is C10H13BrN2. The first kappa shape index (κ1) is 10.3. The molecule has 0 spiro atoms. The summed E-state index contributed by atoms with van der Waals surface area (Å²) in [5.41, 5.74) is 1.18. The Morgan fingerprint density at radius 2 is 2.46 bits per heavy atom. The number of aromatic nitrogens is 1. The van der Waals surface area contributed by atoms with Crippen molar-refractivity contribution in [3.8, 4) is 0 Å². The lowest BCUT2D eigenvalue weighted by Crippen LogP contribution is -2.03. The highest BCUT2D eigenvalue weighted by molar-refractivity contribution is 9.10. The van der Waals surface area contributed by atoms with Crippen LogP contribution < -0.4 is 5.32 Å². The van der Waals surface area contributed by atoms with Gasteiger partial charge in [0.25, 0.3) is 0 Å². The number of halogens is 1. The van der Waals surface area contributed by atoms with Crippen LogP contribution in [0.15, 0.2) is 35.0 Å². The maximum absolute atomic E-state index is 4.19. The molecule has 0 saturated heterocycles. The van der Waals surface area contributed by atoms with Gasteiger partial charge >= 0.3 is 0 Å². The van der Waals surface area contributed by atoms with E-state index in [1.807, 2.05) is 19.1 Å². The molecule has 0 saturated carbocycles. The van der Waals surface area contributed by atoms with E-state index in [1.54, 1.807) is 6.20 Å². The van der Waals surface area contributed by atoms with Gasteiger partial charge in [0.2, 0.25) is 0 Å². The minimum absolute atomic E-state index is 0.880. The molecule has 13 heavy (non-hydrogen) atoms. The minimum Gasteiger partial charge on any atom is -0.369 e. The zero-order chi connectivity index (χ0) is 9.68. The molecule has 1 heterocycles. The van der Waals surface area contributed by atoms with Gasteiger partial charge in [0.05, 0.1) is 4.47 Å². The van der Waals surface area contributed by atoms with E-state index in [0.29, 0.717) is 0 Å². The van der Waals surface area contributed by atoms with Gasteiger partial charge in [-0.3, -0.25) is 0 Å². The number of rotatable bonds is 4. The summed E-state index contributed by atoms with van der Waals surface area (Å²) in [6.45, 7) is 6.74. The van der Waals surface area contributed by atoms with Gasteiger partial charge in [-0.15, -0.1) is 6.58 Å². The number of pyridine rings is 1. The highest BCUT2D eigenvalue weighted by Gasteiger charge is 1.97. The Labute approximate surface area is 87.2 Å². The van der Waals surface area contributed by atoms with Crippen LogP contribution in [-0.2, 0) is 0 Å². The van der Waals surface area contributed by atoms with Crippen LogP contribution >= 0.6 is 15.9 Å². The van der Waals surface area contributed by atoms with Crippen molar-refractivity contribution in [2.45, 2.75) is 13.3 Å². The smallest absolute Gasteiger partial charge is 0.140 e. The van der Waals surface area contributed by atoms with Crippen LogP contribution in [0.3, 0.4) is 0 Å². The quantitative estimate of drug-likeness (QED) is 0.818. The largest absolute Gasteiger partial charge is 0.369 e. The van der Waals surface area contributed by atoms with Crippen LogP contribution in [0.25, 0.3) is 0 Å². The monoisotopic (exact) mass is 240 g/mol. The predicted molar refractivity (Wildman–Crippen MR) is 59.9 cm³/mol. The molecule has 0 aliphatic rings. The molecule has 0 radical (unpaired) electrons. The third-order valence-corrected chi connectivity index (χ3v) is 2.24. The second kappa shape index (κ2) is 5.02. The Balaban J connectivity index is 2.45. The van der Waals surface area contributed by atoms with Crippen molar-refractivity contribution in [1.82, 2.24) is 4.98 Å². The van der Waals surface area contributed by atoms with Crippen molar-refractivity contribution >= 4 is 21.7 Å². The van der Waals surface area contributed by atoms with E-state index in [-0.39, 0.29) is 0 Å². The summed E-state index contributed by atoms with van der Waals surface area (Å²) in [5, 5.41) is 3.23. The molecule has 1 aromatic rings. The Bertz CT molecular complexity index is 297. The van der Waals surface area contributed by atoms with Gasteiger partial charge in [-0.2, -0.15) is 0 Å². The first-order valence-electron chi connectivity index (χ1n) is 4.19. The van der Waals surface area contributed by atoms with E-state index in [4.69, 9.17) is 0 Å². The highest BCUT2D eigenvalue weighted by atomic mass is 79.9. The summed E-state index contributed by atoms with van der Waals surface area (Å²) < 4.78 is 0.997. The van der Waals surface area contributed by atoms with E-state index in [9.17, 15) is 0 Å². The molecule has 1 N–H and O–H groups in total. The first-order valence-corrected chi connectivity index (χ1v) is 4.98. The van der Waals surface area contributed by atoms with Crippen LogP contribution in [0.2, 0.25) is 0 Å². The van der Waals surface area contributed by atoms with E-state index >= 15 is 0 Å². The van der Waals surface area contributed by atoms with Crippen LogP contribution in [0.4, 0.5) is 5.82 Å². The van der Waals surface area contributed by atoms with Gasteiger partial charge in [-0.1, -0.05) is 5.57 Å². The van der Waals surface area contributed by atoms with Gasteiger partial charge in [0.15, 0.2) is 0 Å². The maximum atomic E-state index is 4.19. The summed E-state index contributed by atoms with van der Waals surface area (Å²) in [4.78, 5) is 4.19. The van der Waals surface area contributed by atoms with Gasteiger partial charge in [-0.05, 0) is 41.4 Å². The topological polar surface area (TPSA) is 24.9 Å². The van der Waals surface area contributed by atoms with E-state index in [2.05, 4.69) is 32.8 Å². The standard InChI is InChI=1S/C10H13BrN2/c1-8(2)5-7-13-10-9(11)4-3-6-12-10/h3-4,6H,1,5,7H2,2H3,(H,12,13). The molecule has 0 bridgehead atoms. The molecule has 0 aromatic carbocycles. The van der Waals surface area contributed by atoms with Gasteiger partial charge in [0, 0.05) is 12.7 Å². The van der Waals surface area contributed by atoms with Gasteiger partial charge in [-0.25, -0.2) is 4.98 Å². The van der Waals surface area contributed by atoms with E-state index in [0.717, 1.165) is 23.3 Å². The molecule has 1 aromatic heterocycles. The van der Waals surface area contributed by atoms with Gasteiger partial charge < -0.3 is 5.32 Å². The van der Waals surface area contributed by atoms with Crippen LogP contribution in [0, 0.1) is 0 Å². The molecule has 0 atom stereocenters. The third kappa shape index (κ3) is 3.59. The number of hydrogen-bond acceptors (Lipinski definition) is 2. The Morgan fingerprint density at radius 1 is 1.69 bits per heavy atom. The molecule has 0 aliphatic carbocycles. The normalized spacial score (nSPS) is 9.69. The summed E-state index contributed by atoms with van der Waals surface area (Å²) in [5.74, 6) is 0.892. The second-order valence-electron chi connectivity index (χ2n) is 2.97. The summed E-state index contributed by atoms with van der Waals surface area (Å²) >= 11 is 3.42. The van der Waals surface area contributed by atoms with Gasteiger partial charge in [0.1, 0.15) is 5.82 Å². The van der Waals surface area contributed by atoms with E-state index in [1.165, 1.54) is 5.57 Å². The number of nitrogens with zero attached hydrogens (tertiary/aromatic N) is 1.